The Kier molecular flexibility index (Phi) is 4.38. The van der Waals surface area contributed by atoms with Crippen LogP contribution in [0.15, 0.2) is 31.0 Å². The minimum absolute atomic E-state index is 0.0352. The zero-order valence-corrected chi connectivity index (χ0v) is 14.6. The van der Waals surface area contributed by atoms with Crippen molar-refractivity contribution in [3.8, 4) is 0 Å². The average Bonchev–Trinajstić information content (AvgIpc) is 3.30. The molecule has 7 nitrogen and oxygen atoms in total. The smallest absolute Gasteiger partial charge is 0.227 e. The molecule has 0 spiro atoms. The molecule has 2 aliphatic rings. The molecule has 2 aromatic rings. The number of rotatable bonds is 3. The summed E-state index contributed by atoms with van der Waals surface area (Å²) in [7, 11) is 1.92. The summed E-state index contributed by atoms with van der Waals surface area (Å²) in [4.78, 5) is 26.0. The Balaban J connectivity index is 1.48. The summed E-state index contributed by atoms with van der Waals surface area (Å²) in [5.41, 5.74) is 1.15. The molecule has 0 N–H and O–H groups in total. The van der Waals surface area contributed by atoms with E-state index in [1.165, 1.54) is 0 Å². The van der Waals surface area contributed by atoms with Gasteiger partial charge in [0.2, 0.25) is 5.91 Å². The number of aromatic nitrogens is 4. The van der Waals surface area contributed by atoms with Gasteiger partial charge in [0.05, 0.1) is 24.4 Å². The lowest BCUT2D eigenvalue weighted by molar-refractivity contribution is -0.136. The first-order valence-electron chi connectivity index (χ1n) is 9.02. The van der Waals surface area contributed by atoms with Crippen molar-refractivity contribution >= 4 is 11.7 Å². The fourth-order valence-corrected chi connectivity index (χ4v) is 4.07. The van der Waals surface area contributed by atoms with E-state index in [9.17, 15) is 4.79 Å². The number of piperidine rings is 1. The summed E-state index contributed by atoms with van der Waals surface area (Å²) in [6.45, 7) is 2.52. The summed E-state index contributed by atoms with van der Waals surface area (Å²) < 4.78 is 1.81. The third-order valence-corrected chi connectivity index (χ3v) is 5.29. The van der Waals surface area contributed by atoms with Crippen LogP contribution >= 0.6 is 0 Å². The Morgan fingerprint density at radius 3 is 2.80 bits per heavy atom. The van der Waals surface area contributed by atoms with Crippen molar-refractivity contribution < 1.29 is 4.79 Å². The molecule has 25 heavy (non-hydrogen) atoms. The van der Waals surface area contributed by atoms with Crippen LogP contribution in [0.25, 0.3) is 0 Å². The fraction of sp³-hybridized carbons (Fsp3) is 0.556. The lowest BCUT2D eigenvalue weighted by Crippen LogP contribution is -2.45. The van der Waals surface area contributed by atoms with E-state index < -0.39 is 0 Å². The molecule has 2 fully saturated rings. The van der Waals surface area contributed by atoms with Gasteiger partial charge in [0, 0.05) is 50.8 Å². The third kappa shape index (κ3) is 3.23. The summed E-state index contributed by atoms with van der Waals surface area (Å²) in [5, 5.41) is 4.27. The van der Waals surface area contributed by atoms with Gasteiger partial charge in [-0.2, -0.15) is 5.10 Å². The summed E-state index contributed by atoms with van der Waals surface area (Å²) in [5.74, 6) is 1.18. The van der Waals surface area contributed by atoms with E-state index >= 15 is 0 Å². The van der Waals surface area contributed by atoms with Gasteiger partial charge in [0.1, 0.15) is 5.82 Å². The van der Waals surface area contributed by atoms with Crippen molar-refractivity contribution in [3.05, 3.63) is 36.5 Å². The number of nitrogens with zero attached hydrogens (tertiary/aromatic N) is 6. The fourth-order valence-electron chi connectivity index (χ4n) is 4.07. The van der Waals surface area contributed by atoms with E-state index in [1.807, 2.05) is 24.1 Å². The van der Waals surface area contributed by atoms with Crippen LogP contribution in [0.1, 0.15) is 37.3 Å². The minimum atomic E-state index is 0.0352. The number of anilines is 1. The standard InChI is InChI=1S/C18H24N6O/c1-22-12-15(10-21-22)16-5-3-9-24(16)18(25)14-4-2-8-23(13-14)17-11-19-6-7-20-17/h6-7,10-12,14,16H,2-5,8-9,13H2,1H3/t14-,16-/m1/s1. The molecule has 0 unspecified atom stereocenters. The molecule has 0 saturated carbocycles. The van der Waals surface area contributed by atoms with Crippen molar-refractivity contribution in [3.63, 3.8) is 0 Å². The Morgan fingerprint density at radius 1 is 1.16 bits per heavy atom. The van der Waals surface area contributed by atoms with Gasteiger partial charge in [0.25, 0.3) is 0 Å². The van der Waals surface area contributed by atoms with Gasteiger partial charge in [-0.05, 0) is 25.7 Å². The van der Waals surface area contributed by atoms with E-state index in [2.05, 4.69) is 24.9 Å². The maximum absolute atomic E-state index is 13.2. The molecule has 2 atom stereocenters. The molecular weight excluding hydrogens is 316 g/mol. The lowest BCUT2D eigenvalue weighted by Gasteiger charge is -2.35. The van der Waals surface area contributed by atoms with Crippen LogP contribution < -0.4 is 4.90 Å². The second-order valence-corrected chi connectivity index (χ2v) is 6.99. The second kappa shape index (κ2) is 6.82. The monoisotopic (exact) mass is 340 g/mol. The van der Waals surface area contributed by atoms with Gasteiger partial charge in [0.15, 0.2) is 0 Å². The Labute approximate surface area is 147 Å². The van der Waals surface area contributed by atoms with E-state index in [1.54, 1.807) is 18.6 Å². The molecular formula is C18H24N6O. The highest BCUT2D eigenvalue weighted by Crippen LogP contribution is 2.34. The molecule has 132 valence electrons. The lowest BCUT2D eigenvalue weighted by atomic mass is 9.95. The highest BCUT2D eigenvalue weighted by atomic mass is 16.2. The highest BCUT2D eigenvalue weighted by molar-refractivity contribution is 5.80. The molecule has 0 aliphatic carbocycles. The molecule has 2 saturated heterocycles. The zero-order chi connectivity index (χ0) is 17.2. The molecule has 4 rings (SSSR count). The first-order chi connectivity index (χ1) is 12.2. The third-order valence-electron chi connectivity index (χ3n) is 5.29. The molecule has 0 bridgehead atoms. The first-order valence-corrected chi connectivity index (χ1v) is 9.02. The van der Waals surface area contributed by atoms with Crippen molar-refractivity contribution in [2.45, 2.75) is 31.7 Å². The summed E-state index contributed by atoms with van der Waals surface area (Å²) in [6.07, 6.45) is 13.1. The molecule has 0 aromatic carbocycles. The van der Waals surface area contributed by atoms with Crippen molar-refractivity contribution in [1.29, 1.82) is 0 Å². The topological polar surface area (TPSA) is 67.2 Å². The second-order valence-electron chi connectivity index (χ2n) is 6.99. The molecule has 7 heteroatoms. The largest absolute Gasteiger partial charge is 0.355 e. The van der Waals surface area contributed by atoms with Gasteiger partial charge in [-0.1, -0.05) is 0 Å². The van der Waals surface area contributed by atoms with Crippen LogP contribution in [-0.2, 0) is 11.8 Å². The number of carbonyl (C=O) groups is 1. The van der Waals surface area contributed by atoms with Crippen LogP contribution in [-0.4, -0.2) is 50.2 Å². The van der Waals surface area contributed by atoms with Gasteiger partial charge in [-0.25, -0.2) is 4.98 Å². The number of amides is 1. The van der Waals surface area contributed by atoms with Crippen LogP contribution in [0.3, 0.4) is 0 Å². The number of carbonyl (C=O) groups excluding carboxylic acids is 1. The Morgan fingerprint density at radius 2 is 2.04 bits per heavy atom. The maximum Gasteiger partial charge on any atom is 0.227 e. The minimum Gasteiger partial charge on any atom is -0.355 e. The van der Waals surface area contributed by atoms with E-state index in [0.717, 1.165) is 56.7 Å². The van der Waals surface area contributed by atoms with Crippen LogP contribution in [0.4, 0.5) is 5.82 Å². The molecule has 4 heterocycles. The highest BCUT2D eigenvalue weighted by Gasteiger charge is 2.36. The van der Waals surface area contributed by atoms with Crippen molar-refractivity contribution in [2.75, 3.05) is 24.5 Å². The van der Waals surface area contributed by atoms with Crippen molar-refractivity contribution in [1.82, 2.24) is 24.6 Å². The Bertz CT molecular complexity index is 730. The van der Waals surface area contributed by atoms with Crippen LogP contribution in [0.2, 0.25) is 0 Å². The average molecular weight is 340 g/mol. The number of aryl methyl sites for hydroxylation is 1. The van der Waals surface area contributed by atoms with Gasteiger partial charge < -0.3 is 9.80 Å². The van der Waals surface area contributed by atoms with Gasteiger partial charge >= 0.3 is 0 Å². The number of hydrogen-bond donors (Lipinski definition) is 0. The van der Waals surface area contributed by atoms with E-state index in [-0.39, 0.29) is 17.9 Å². The van der Waals surface area contributed by atoms with E-state index in [0.29, 0.717) is 0 Å². The summed E-state index contributed by atoms with van der Waals surface area (Å²) >= 11 is 0. The maximum atomic E-state index is 13.2. The molecule has 2 aliphatic heterocycles. The van der Waals surface area contributed by atoms with Gasteiger partial charge in [-0.3, -0.25) is 14.5 Å². The normalized spacial score (nSPS) is 23.9. The zero-order valence-electron chi connectivity index (χ0n) is 14.6. The van der Waals surface area contributed by atoms with Crippen LogP contribution in [0.5, 0.6) is 0 Å². The quantitative estimate of drug-likeness (QED) is 0.852. The Hall–Kier alpha value is -2.44. The van der Waals surface area contributed by atoms with E-state index in [4.69, 9.17) is 0 Å². The van der Waals surface area contributed by atoms with Crippen LogP contribution in [0, 0.1) is 5.92 Å². The number of likely N-dealkylation sites (tertiary alicyclic amines) is 1. The predicted octanol–water partition coefficient (Wildman–Crippen LogP) is 1.79. The summed E-state index contributed by atoms with van der Waals surface area (Å²) in [6, 6.07) is 0.174. The molecule has 0 radical (unpaired) electrons. The first kappa shape index (κ1) is 16.1. The number of hydrogen-bond acceptors (Lipinski definition) is 5. The molecule has 2 aromatic heterocycles. The SMILES string of the molecule is Cn1cc([C@H]2CCCN2C(=O)[C@@H]2CCCN(c3cnccn3)C2)cn1. The molecule has 1 amide bonds. The van der Waals surface area contributed by atoms with Crippen molar-refractivity contribution in [2.24, 2.45) is 13.0 Å². The predicted molar refractivity (Wildman–Crippen MR) is 93.9 cm³/mol. The van der Waals surface area contributed by atoms with Gasteiger partial charge in [-0.15, -0.1) is 0 Å².